The summed E-state index contributed by atoms with van der Waals surface area (Å²) in [6.07, 6.45) is 0.713. The van der Waals surface area contributed by atoms with E-state index in [1.807, 2.05) is 13.8 Å². The highest BCUT2D eigenvalue weighted by Crippen LogP contribution is 2.03. The van der Waals surface area contributed by atoms with Crippen LogP contribution in [0, 0.1) is 5.92 Å². The van der Waals surface area contributed by atoms with E-state index in [1.54, 1.807) is 0 Å². The van der Waals surface area contributed by atoms with Crippen molar-refractivity contribution in [2.45, 2.75) is 40.2 Å². The maximum atomic E-state index is 11.9. The van der Waals surface area contributed by atoms with E-state index >= 15 is 0 Å². The van der Waals surface area contributed by atoms with Crippen LogP contribution in [0.1, 0.15) is 34.1 Å². The second-order valence-corrected chi connectivity index (χ2v) is 4.98. The second kappa shape index (κ2) is 9.61. The third kappa shape index (κ3) is 8.42. The number of urea groups is 1. The van der Waals surface area contributed by atoms with E-state index in [9.17, 15) is 9.59 Å². The van der Waals surface area contributed by atoms with Gasteiger partial charge in [0.1, 0.15) is 6.54 Å². The molecule has 0 aliphatic carbocycles. The number of amides is 2. The first-order valence-electron chi connectivity index (χ1n) is 6.72. The summed E-state index contributed by atoms with van der Waals surface area (Å²) in [6, 6.07) is -0.461. The van der Waals surface area contributed by atoms with Crippen LogP contribution in [0.4, 0.5) is 4.79 Å². The van der Waals surface area contributed by atoms with Crippen LogP contribution >= 0.6 is 0 Å². The Morgan fingerprint density at radius 2 is 1.95 bits per heavy atom. The first kappa shape index (κ1) is 17.7. The number of ether oxygens (including phenoxy) is 1. The summed E-state index contributed by atoms with van der Waals surface area (Å²) in [5.41, 5.74) is 0. The smallest absolute Gasteiger partial charge is 0.323 e. The van der Waals surface area contributed by atoms with Crippen LogP contribution in [0.15, 0.2) is 0 Å². The number of rotatable bonds is 9. The normalized spacial score (nSPS) is 12.3. The Labute approximate surface area is 115 Å². The molecule has 6 nitrogen and oxygen atoms in total. The molecular formula is C13H26N2O4. The molecule has 0 spiro atoms. The molecule has 0 bridgehead atoms. The predicted octanol–water partition coefficient (Wildman–Crippen LogP) is 1.55. The number of aliphatic carboxylic acids is 1. The van der Waals surface area contributed by atoms with Gasteiger partial charge in [0.15, 0.2) is 0 Å². The van der Waals surface area contributed by atoms with Gasteiger partial charge in [-0.1, -0.05) is 20.8 Å². The average Bonchev–Trinajstić information content (AvgIpc) is 2.33. The maximum absolute atomic E-state index is 11.9. The average molecular weight is 274 g/mol. The number of hydrogen-bond donors (Lipinski definition) is 2. The molecule has 0 aromatic carbocycles. The molecule has 19 heavy (non-hydrogen) atoms. The van der Waals surface area contributed by atoms with Gasteiger partial charge in [-0.25, -0.2) is 4.79 Å². The number of carbonyl (C=O) groups is 2. The van der Waals surface area contributed by atoms with E-state index in [-0.39, 0.29) is 18.6 Å². The van der Waals surface area contributed by atoms with Gasteiger partial charge in [0.2, 0.25) is 0 Å². The van der Waals surface area contributed by atoms with Gasteiger partial charge in [-0.05, 0) is 19.3 Å². The molecule has 0 fully saturated rings. The van der Waals surface area contributed by atoms with Crippen LogP contribution in [0.25, 0.3) is 0 Å². The molecule has 0 rings (SSSR count). The first-order chi connectivity index (χ1) is 8.88. The van der Waals surface area contributed by atoms with Crippen molar-refractivity contribution in [2.24, 2.45) is 5.92 Å². The predicted molar refractivity (Wildman–Crippen MR) is 73.2 cm³/mol. The molecule has 0 saturated carbocycles. The van der Waals surface area contributed by atoms with Crippen molar-refractivity contribution in [3.63, 3.8) is 0 Å². The lowest BCUT2D eigenvalue weighted by molar-refractivity contribution is -0.138. The van der Waals surface area contributed by atoms with Gasteiger partial charge in [-0.3, -0.25) is 4.79 Å². The third-order valence-corrected chi connectivity index (χ3v) is 2.66. The molecule has 0 saturated heterocycles. The number of carboxylic acid groups (broad SMARTS) is 1. The molecule has 0 aliphatic rings. The number of hydrogen-bond acceptors (Lipinski definition) is 3. The fraction of sp³-hybridized carbons (Fsp3) is 0.846. The quantitative estimate of drug-likeness (QED) is 0.625. The van der Waals surface area contributed by atoms with Crippen molar-refractivity contribution in [1.29, 1.82) is 0 Å². The fourth-order valence-corrected chi connectivity index (χ4v) is 1.44. The minimum absolute atomic E-state index is 0.104. The molecule has 2 N–H and O–H groups in total. The Balaban J connectivity index is 4.07. The van der Waals surface area contributed by atoms with Crippen molar-refractivity contribution in [1.82, 2.24) is 10.2 Å². The Morgan fingerprint density at radius 1 is 1.32 bits per heavy atom. The highest BCUT2D eigenvalue weighted by molar-refractivity contribution is 5.80. The van der Waals surface area contributed by atoms with E-state index < -0.39 is 5.97 Å². The van der Waals surface area contributed by atoms with Gasteiger partial charge in [0.25, 0.3) is 0 Å². The second-order valence-electron chi connectivity index (χ2n) is 4.98. The Morgan fingerprint density at radius 3 is 2.42 bits per heavy atom. The van der Waals surface area contributed by atoms with Crippen LogP contribution < -0.4 is 5.32 Å². The molecular weight excluding hydrogens is 248 g/mol. The van der Waals surface area contributed by atoms with Gasteiger partial charge >= 0.3 is 12.0 Å². The molecule has 0 radical (unpaired) electrons. The number of nitrogens with one attached hydrogen (secondary N) is 1. The zero-order valence-electron chi connectivity index (χ0n) is 12.3. The van der Waals surface area contributed by atoms with Gasteiger partial charge < -0.3 is 20.1 Å². The lowest BCUT2D eigenvalue weighted by Crippen LogP contribution is -2.48. The first-order valence-corrected chi connectivity index (χ1v) is 6.72. The molecule has 0 heterocycles. The summed E-state index contributed by atoms with van der Waals surface area (Å²) in [5, 5.41) is 11.5. The molecule has 0 aromatic heterocycles. The summed E-state index contributed by atoms with van der Waals surface area (Å²) in [6.45, 7) is 9.04. The minimum Gasteiger partial charge on any atom is -0.480 e. The monoisotopic (exact) mass is 274 g/mol. The Bertz CT molecular complexity index is 282. The van der Waals surface area contributed by atoms with Crippen molar-refractivity contribution in [2.75, 3.05) is 26.3 Å². The molecule has 1 atom stereocenters. The lowest BCUT2D eigenvalue weighted by Gasteiger charge is -2.27. The lowest BCUT2D eigenvalue weighted by atomic mass is 10.2. The standard InChI is InChI=1S/C13H26N2O4/c1-5-11(4)15(8-12(16)17)13(18)14-6-7-19-9-10(2)3/h10-11H,5-9H2,1-4H3,(H,14,18)(H,16,17). The van der Waals surface area contributed by atoms with E-state index in [0.29, 0.717) is 32.1 Å². The summed E-state index contributed by atoms with van der Waals surface area (Å²) >= 11 is 0. The number of carbonyl (C=O) groups excluding carboxylic acids is 1. The molecule has 0 aromatic rings. The largest absolute Gasteiger partial charge is 0.480 e. The summed E-state index contributed by atoms with van der Waals surface area (Å²) < 4.78 is 5.34. The molecule has 2 amide bonds. The number of carboxylic acids is 1. The molecule has 1 unspecified atom stereocenters. The van der Waals surface area contributed by atoms with Crippen LogP contribution in [-0.2, 0) is 9.53 Å². The van der Waals surface area contributed by atoms with Gasteiger partial charge in [0, 0.05) is 19.2 Å². The van der Waals surface area contributed by atoms with Gasteiger partial charge in [-0.15, -0.1) is 0 Å². The summed E-state index contributed by atoms with van der Waals surface area (Å²) in [7, 11) is 0. The van der Waals surface area contributed by atoms with E-state index in [4.69, 9.17) is 9.84 Å². The topological polar surface area (TPSA) is 78.9 Å². The highest BCUT2D eigenvalue weighted by atomic mass is 16.5. The van der Waals surface area contributed by atoms with Crippen molar-refractivity contribution in [3.05, 3.63) is 0 Å². The Kier molecular flexibility index (Phi) is 8.95. The van der Waals surface area contributed by atoms with Crippen molar-refractivity contribution in [3.8, 4) is 0 Å². The number of nitrogens with zero attached hydrogens (tertiary/aromatic N) is 1. The van der Waals surface area contributed by atoms with E-state index in [1.165, 1.54) is 4.90 Å². The van der Waals surface area contributed by atoms with Crippen LogP contribution in [0.3, 0.4) is 0 Å². The zero-order chi connectivity index (χ0) is 14.8. The fourth-order valence-electron chi connectivity index (χ4n) is 1.44. The van der Waals surface area contributed by atoms with Crippen LogP contribution in [-0.4, -0.2) is 54.4 Å². The van der Waals surface area contributed by atoms with E-state index in [2.05, 4.69) is 19.2 Å². The Hall–Kier alpha value is -1.30. The maximum Gasteiger partial charge on any atom is 0.323 e. The van der Waals surface area contributed by atoms with E-state index in [0.717, 1.165) is 0 Å². The van der Waals surface area contributed by atoms with Crippen LogP contribution in [0.2, 0.25) is 0 Å². The SMILES string of the molecule is CCC(C)N(CC(=O)O)C(=O)NCCOCC(C)C. The summed E-state index contributed by atoms with van der Waals surface area (Å²) in [5.74, 6) is -0.550. The van der Waals surface area contributed by atoms with Gasteiger partial charge in [-0.2, -0.15) is 0 Å². The van der Waals surface area contributed by atoms with Gasteiger partial charge in [0.05, 0.1) is 6.61 Å². The van der Waals surface area contributed by atoms with Crippen LogP contribution in [0.5, 0.6) is 0 Å². The van der Waals surface area contributed by atoms with Crippen molar-refractivity contribution < 1.29 is 19.4 Å². The minimum atomic E-state index is -1.01. The summed E-state index contributed by atoms with van der Waals surface area (Å²) in [4.78, 5) is 23.9. The van der Waals surface area contributed by atoms with Crippen molar-refractivity contribution >= 4 is 12.0 Å². The molecule has 6 heteroatoms. The third-order valence-electron chi connectivity index (χ3n) is 2.66. The molecule has 0 aliphatic heterocycles. The highest BCUT2D eigenvalue weighted by Gasteiger charge is 2.20. The zero-order valence-corrected chi connectivity index (χ0v) is 12.3. The molecule has 112 valence electrons.